The third-order valence-corrected chi connectivity index (χ3v) is 3.49. The minimum atomic E-state index is 0.258. The Bertz CT molecular complexity index is 105. The molecule has 2 N–H and O–H groups in total. The fourth-order valence-electron chi connectivity index (χ4n) is 1.62. The maximum atomic E-state index is 8.87. The third kappa shape index (κ3) is 2.36. The van der Waals surface area contributed by atoms with Gasteiger partial charge in [0.1, 0.15) is 0 Å². The van der Waals surface area contributed by atoms with Crippen LogP contribution < -0.4 is 5.32 Å². The van der Waals surface area contributed by atoms with Gasteiger partial charge >= 0.3 is 0 Å². The molecule has 0 aromatic rings. The zero-order valence-electron chi connectivity index (χ0n) is 7.10. The van der Waals surface area contributed by atoms with Crippen molar-refractivity contribution < 1.29 is 5.11 Å². The molecule has 0 bridgehead atoms. The molecule has 1 unspecified atom stereocenters. The second kappa shape index (κ2) is 4.33. The molecular formula is C8H17NOS. The molecule has 0 amide bonds. The van der Waals surface area contributed by atoms with Crippen LogP contribution in [0.4, 0.5) is 0 Å². The lowest BCUT2D eigenvalue weighted by atomic mass is 9.95. The molecule has 1 heterocycles. The maximum absolute atomic E-state index is 8.87. The van der Waals surface area contributed by atoms with Gasteiger partial charge in [0.2, 0.25) is 0 Å². The van der Waals surface area contributed by atoms with E-state index in [0.29, 0.717) is 6.61 Å². The van der Waals surface area contributed by atoms with Crippen molar-refractivity contribution in [1.82, 2.24) is 5.32 Å². The highest BCUT2D eigenvalue weighted by molar-refractivity contribution is 7.99. The number of thioether (sulfide) groups is 1. The predicted molar refractivity (Wildman–Crippen MR) is 50.1 cm³/mol. The van der Waals surface area contributed by atoms with E-state index < -0.39 is 0 Å². The second-order valence-corrected chi connectivity index (χ2v) is 4.19. The van der Waals surface area contributed by atoms with Crippen LogP contribution in [0.25, 0.3) is 0 Å². The molecule has 1 atom stereocenters. The molecule has 0 aromatic carbocycles. The van der Waals surface area contributed by atoms with E-state index in [1.54, 1.807) is 0 Å². The average Bonchev–Trinajstić information content (AvgIpc) is 2.39. The van der Waals surface area contributed by atoms with Crippen molar-refractivity contribution in [2.24, 2.45) is 0 Å². The van der Waals surface area contributed by atoms with Crippen LogP contribution in [0.1, 0.15) is 19.8 Å². The molecule has 66 valence electrons. The summed E-state index contributed by atoms with van der Waals surface area (Å²) in [6.45, 7) is 3.45. The first-order chi connectivity index (χ1) is 5.33. The quantitative estimate of drug-likeness (QED) is 0.664. The minimum Gasteiger partial charge on any atom is -0.396 e. The summed E-state index contributed by atoms with van der Waals surface area (Å²) in [5, 5.41) is 12.3. The predicted octanol–water partition coefficient (Wildman–Crippen LogP) is 0.854. The summed E-state index contributed by atoms with van der Waals surface area (Å²) < 4.78 is 0. The molecule has 1 aliphatic heterocycles. The van der Waals surface area contributed by atoms with Crippen molar-refractivity contribution in [3.05, 3.63) is 0 Å². The Morgan fingerprint density at radius 2 is 2.45 bits per heavy atom. The monoisotopic (exact) mass is 175 g/mol. The molecule has 0 aromatic heterocycles. The first kappa shape index (κ1) is 9.36. The summed E-state index contributed by atoms with van der Waals surface area (Å²) in [7, 11) is 0. The first-order valence-electron chi connectivity index (χ1n) is 4.26. The van der Waals surface area contributed by atoms with Crippen LogP contribution in [0.2, 0.25) is 0 Å². The van der Waals surface area contributed by atoms with Gasteiger partial charge in [-0.15, -0.1) is 0 Å². The highest BCUT2D eigenvalue weighted by atomic mass is 32.2. The van der Waals surface area contributed by atoms with Gasteiger partial charge in [-0.2, -0.15) is 11.8 Å². The van der Waals surface area contributed by atoms with Gasteiger partial charge in [-0.25, -0.2) is 0 Å². The Morgan fingerprint density at radius 1 is 1.64 bits per heavy atom. The van der Waals surface area contributed by atoms with Crippen LogP contribution in [0.3, 0.4) is 0 Å². The lowest BCUT2D eigenvalue weighted by molar-refractivity contribution is 0.225. The Kier molecular flexibility index (Phi) is 3.69. The molecule has 11 heavy (non-hydrogen) atoms. The molecule has 0 radical (unpaired) electrons. The van der Waals surface area contributed by atoms with Gasteiger partial charge in [-0.3, -0.25) is 0 Å². The number of aliphatic hydroxyl groups excluding tert-OH is 1. The van der Waals surface area contributed by atoms with Crippen LogP contribution >= 0.6 is 11.8 Å². The van der Waals surface area contributed by atoms with Crippen LogP contribution in [-0.2, 0) is 0 Å². The third-order valence-electron chi connectivity index (χ3n) is 2.25. The Hall–Kier alpha value is 0.270. The highest BCUT2D eigenvalue weighted by Crippen LogP contribution is 2.30. The molecule has 2 nitrogen and oxygen atoms in total. The Labute approximate surface area is 72.8 Å². The molecule has 1 rings (SSSR count). The number of nitrogens with one attached hydrogen (secondary N) is 1. The van der Waals surface area contributed by atoms with Gasteiger partial charge in [-0.05, 0) is 25.1 Å². The summed E-state index contributed by atoms with van der Waals surface area (Å²) in [6.07, 6.45) is 2.12. The van der Waals surface area contributed by atoms with Crippen molar-refractivity contribution in [2.45, 2.75) is 25.3 Å². The SMILES string of the molecule is CCNC1(CCO)CCSC1. The largest absolute Gasteiger partial charge is 0.396 e. The van der Waals surface area contributed by atoms with E-state index in [2.05, 4.69) is 12.2 Å². The van der Waals surface area contributed by atoms with E-state index in [4.69, 9.17) is 5.11 Å². The number of rotatable bonds is 4. The van der Waals surface area contributed by atoms with Crippen LogP contribution in [0, 0.1) is 0 Å². The lowest BCUT2D eigenvalue weighted by Crippen LogP contribution is -2.45. The van der Waals surface area contributed by atoms with E-state index in [1.807, 2.05) is 11.8 Å². The van der Waals surface area contributed by atoms with Gasteiger partial charge in [0, 0.05) is 17.9 Å². The topological polar surface area (TPSA) is 32.3 Å². The summed E-state index contributed by atoms with van der Waals surface area (Å²) in [4.78, 5) is 0. The zero-order chi connectivity index (χ0) is 8.16. The molecule has 0 saturated carbocycles. The van der Waals surface area contributed by atoms with E-state index in [-0.39, 0.29) is 5.54 Å². The van der Waals surface area contributed by atoms with Crippen LogP contribution in [0.5, 0.6) is 0 Å². The second-order valence-electron chi connectivity index (χ2n) is 3.09. The molecule has 0 aliphatic carbocycles. The van der Waals surface area contributed by atoms with Gasteiger partial charge in [0.05, 0.1) is 0 Å². The molecule has 3 heteroatoms. The fourth-order valence-corrected chi connectivity index (χ4v) is 3.08. The van der Waals surface area contributed by atoms with Crippen molar-refractivity contribution in [1.29, 1.82) is 0 Å². The normalized spacial score (nSPS) is 31.1. The average molecular weight is 175 g/mol. The van der Waals surface area contributed by atoms with Gasteiger partial charge in [0.25, 0.3) is 0 Å². The smallest absolute Gasteiger partial charge is 0.0448 e. The molecule has 1 saturated heterocycles. The summed E-state index contributed by atoms with van der Waals surface area (Å²) in [6, 6.07) is 0. The number of aliphatic hydroxyl groups is 1. The highest BCUT2D eigenvalue weighted by Gasteiger charge is 2.32. The zero-order valence-corrected chi connectivity index (χ0v) is 7.91. The molecule has 0 spiro atoms. The summed E-state index contributed by atoms with van der Waals surface area (Å²) in [5.41, 5.74) is 0.258. The Balaban J connectivity index is 2.40. The lowest BCUT2D eigenvalue weighted by Gasteiger charge is -2.28. The van der Waals surface area contributed by atoms with E-state index in [9.17, 15) is 0 Å². The molecule has 1 fully saturated rings. The van der Waals surface area contributed by atoms with Crippen molar-refractivity contribution in [2.75, 3.05) is 24.7 Å². The van der Waals surface area contributed by atoms with E-state index in [0.717, 1.165) is 13.0 Å². The number of hydrogen-bond donors (Lipinski definition) is 2. The van der Waals surface area contributed by atoms with Crippen molar-refractivity contribution in [3.8, 4) is 0 Å². The standard InChI is InChI=1S/C8H17NOS/c1-2-9-8(3-5-10)4-6-11-7-8/h9-10H,2-7H2,1H3. The van der Waals surface area contributed by atoms with E-state index >= 15 is 0 Å². The Morgan fingerprint density at radius 3 is 2.91 bits per heavy atom. The van der Waals surface area contributed by atoms with Crippen LogP contribution in [-0.4, -0.2) is 35.3 Å². The molecule has 1 aliphatic rings. The van der Waals surface area contributed by atoms with Gasteiger partial charge < -0.3 is 10.4 Å². The summed E-state index contributed by atoms with van der Waals surface area (Å²) >= 11 is 1.99. The summed E-state index contributed by atoms with van der Waals surface area (Å²) in [5.74, 6) is 2.41. The number of hydrogen-bond acceptors (Lipinski definition) is 3. The van der Waals surface area contributed by atoms with E-state index in [1.165, 1.54) is 17.9 Å². The van der Waals surface area contributed by atoms with Crippen LogP contribution in [0.15, 0.2) is 0 Å². The van der Waals surface area contributed by atoms with Gasteiger partial charge in [0.15, 0.2) is 0 Å². The maximum Gasteiger partial charge on any atom is 0.0448 e. The van der Waals surface area contributed by atoms with Crippen molar-refractivity contribution >= 4 is 11.8 Å². The van der Waals surface area contributed by atoms with Crippen molar-refractivity contribution in [3.63, 3.8) is 0 Å². The fraction of sp³-hybridized carbons (Fsp3) is 1.00. The minimum absolute atomic E-state index is 0.258. The van der Waals surface area contributed by atoms with Gasteiger partial charge in [-0.1, -0.05) is 6.92 Å². The molecular weight excluding hydrogens is 158 g/mol. The first-order valence-corrected chi connectivity index (χ1v) is 5.42.